The van der Waals surface area contributed by atoms with Crippen LogP contribution in [0.2, 0.25) is 5.02 Å². The summed E-state index contributed by atoms with van der Waals surface area (Å²) in [7, 11) is 0. The molecule has 0 heterocycles. The number of hydrogen-bond acceptors (Lipinski definition) is 4. The number of halogens is 2. The number of benzene rings is 1. The van der Waals surface area contributed by atoms with Gasteiger partial charge in [-0.2, -0.15) is 0 Å². The van der Waals surface area contributed by atoms with Gasteiger partial charge in [0.15, 0.2) is 0 Å². The summed E-state index contributed by atoms with van der Waals surface area (Å²) in [6, 6.07) is 7.43. The van der Waals surface area contributed by atoms with Crippen LogP contribution in [0.5, 0.6) is 0 Å². The van der Waals surface area contributed by atoms with Crippen LogP contribution in [0.3, 0.4) is 0 Å². The van der Waals surface area contributed by atoms with Crippen LogP contribution in [-0.4, -0.2) is 11.9 Å². The normalized spacial score (nSPS) is 43.6. The molecular formula is C28H34ClIO4. The first kappa shape index (κ1) is 22.4. The molecule has 1 aromatic carbocycles. The molecule has 8 aliphatic carbocycles. The summed E-state index contributed by atoms with van der Waals surface area (Å²) in [5.74, 6) is 3.88. The zero-order chi connectivity index (χ0) is 23.1. The van der Waals surface area contributed by atoms with E-state index in [9.17, 15) is 9.59 Å². The van der Waals surface area contributed by atoms with Gasteiger partial charge in [0.25, 0.3) is 0 Å². The minimum absolute atomic E-state index is 0.0786. The van der Waals surface area contributed by atoms with E-state index in [1.807, 2.05) is 24.3 Å². The molecular weight excluding hydrogens is 563 g/mol. The van der Waals surface area contributed by atoms with E-state index in [0.29, 0.717) is 40.5 Å². The fourth-order valence-electron chi connectivity index (χ4n) is 9.65. The van der Waals surface area contributed by atoms with E-state index in [2.05, 4.69) is 0 Å². The molecule has 8 bridgehead atoms. The summed E-state index contributed by atoms with van der Waals surface area (Å²) in [4.78, 5) is 27.6. The number of hydrogen-bond donors (Lipinski definition) is 0. The maximum atomic E-state index is 13.8. The molecule has 0 aromatic heterocycles. The van der Waals surface area contributed by atoms with Crippen molar-refractivity contribution in [3.8, 4) is 0 Å². The van der Waals surface area contributed by atoms with Gasteiger partial charge in [0.2, 0.25) is 0 Å². The Morgan fingerprint density at radius 3 is 1.29 bits per heavy atom. The summed E-state index contributed by atoms with van der Waals surface area (Å²) in [5, 5.41) is 0.638. The van der Waals surface area contributed by atoms with E-state index in [0.717, 1.165) is 42.1 Å². The molecule has 0 amide bonds. The molecule has 0 radical (unpaired) electrons. The zero-order valence-corrected chi connectivity index (χ0v) is 22.6. The summed E-state index contributed by atoms with van der Waals surface area (Å²) in [5.41, 5.74) is -0.687. The summed E-state index contributed by atoms with van der Waals surface area (Å²) >= 11 is 3.18. The van der Waals surface area contributed by atoms with Gasteiger partial charge in [-0.3, -0.25) is 0 Å². The van der Waals surface area contributed by atoms with Crippen LogP contribution in [0, 0.1) is 49.9 Å². The standard InChI is InChI=1S/C28H34ClIO4/c29-23-1-3-24(4-2-23)30(33-25(31)27-11-17-5-18(12-27)7-19(6-17)13-27)34-26(32)28-14-20-8-21(15-28)10-22(9-20)16-28/h1-4,17-22H,5-16H2. The molecule has 9 rings (SSSR count). The van der Waals surface area contributed by atoms with Gasteiger partial charge in [0.1, 0.15) is 0 Å². The van der Waals surface area contributed by atoms with E-state index in [4.69, 9.17) is 17.7 Å². The van der Waals surface area contributed by atoms with E-state index in [1.165, 1.54) is 38.5 Å². The van der Waals surface area contributed by atoms with E-state index < -0.39 is 20.6 Å². The Labute approximate surface area is 215 Å². The molecule has 6 heteroatoms. The van der Waals surface area contributed by atoms with E-state index >= 15 is 0 Å². The van der Waals surface area contributed by atoms with Crippen LogP contribution >= 0.6 is 32.3 Å². The third-order valence-electron chi connectivity index (χ3n) is 10.2. The van der Waals surface area contributed by atoms with Gasteiger partial charge in [-0.25, -0.2) is 0 Å². The first-order valence-electron chi connectivity index (χ1n) is 13.3. The molecule has 8 aliphatic rings. The van der Waals surface area contributed by atoms with Crippen molar-refractivity contribution < 1.29 is 15.7 Å². The number of rotatable bonds is 5. The van der Waals surface area contributed by atoms with Gasteiger partial charge < -0.3 is 0 Å². The van der Waals surface area contributed by atoms with Crippen molar-refractivity contribution >= 4 is 44.2 Å². The molecule has 184 valence electrons. The molecule has 0 saturated heterocycles. The molecule has 0 spiro atoms. The fourth-order valence-corrected chi connectivity index (χ4v) is 13.0. The zero-order valence-electron chi connectivity index (χ0n) is 19.6. The fraction of sp³-hybridized carbons (Fsp3) is 0.714. The van der Waals surface area contributed by atoms with Crippen LogP contribution in [-0.2, 0) is 15.7 Å². The second-order valence-corrected chi connectivity index (χ2v) is 16.6. The Morgan fingerprint density at radius 1 is 0.647 bits per heavy atom. The van der Waals surface area contributed by atoms with Crippen molar-refractivity contribution in [1.29, 1.82) is 0 Å². The molecule has 0 aliphatic heterocycles. The molecule has 4 nitrogen and oxygen atoms in total. The van der Waals surface area contributed by atoms with Crippen molar-refractivity contribution in [3.63, 3.8) is 0 Å². The maximum absolute atomic E-state index is 13.8. The third-order valence-corrected chi connectivity index (χ3v) is 13.8. The molecule has 8 fully saturated rings. The predicted molar refractivity (Wildman–Crippen MR) is 138 cm³/mol. The van der Waals surface area contributed by atoms with Gasteiger partial charge in [-0.1, -0.05) is 0 Å². The monoisotopic (exact) mass is 596 g/mol. The second kappa shape index (κ2) is 8.09. The van der Waals surface area contributed by atoms with Crippen LogP contribution in [0.1, 0.15) is 77.0 Å². The summed E-state index contributed by atoms with van der Waals surface area (Å²) in [6.07, 6.45) is 13.5. The Hall–Kier alpha value is -0.820. The topological polar surface area (TPSA) is 52.6 Å². The molecule has 0 unspecified atom stereocenters. The van der Waals surface area contributed by atoms with Crippen molar-refractivity contribution in [1.82, 2.24) is 0 Å². The first-order chi connectivity index (χ1) is 16.4. The first-order valence-corrected chi connectivity index (χ1v) is 16.5. The molecule has 0 atom stereocenters. The van der Waals surface area contributed by atoms with Gasteiger partial charge in [-0.15, -0.1) is 0 Å². The van der Waals surface area contributed by atoms with Crippen LogP contribution in [0.25, 0.3) is 0 Å². The van der Waals surface area contributed by atoms with Crippen molar-refractivity contribution in [3.05, 3.63) is 32.9 Å². The molecule has 34 heavy (non-hydrogen) atoms. The average molecular weight is 597 g/mol. The van der Waals surface area contributed by atoms with Crippen molar-refractivity contribution in [2.75, 3.05) is 0 Å². The van der Waals surface area contributed by atoms with Crippen LogP contribution in [0.4, 0.5) is 0 Å². The Bertz CT molecular complexity index is 876. The molecule has 8 saturated carbocycles. The SMILES string of the molecule is O=C(OI(OC(=O)C12CC3CC(CC(C3)C1)C2)c1ccc(Cl)cc1)C12CC3CC(CC(C3)C1)C2. The van der Waals surface area contributed by atoms with Gasteiger partial charge >= 0.3 is 216 Å². The molecule has 0 N–H and O–H groups in total. The number of carbonyl (C=O) groups excluding carboxylic acids is 2. The van der Waals surface area contributed by atoms with Crippen LogP contribution < -0.4 is 0 Å². The molecule has 1 aromatic rings. The predicted octanol–water partition coefficient (Wildman–Crippen LogP) is 7.37. The van der Waals surface area contributed by atoms with Gasteiger partial charge in [0.05, 0.1) is 0 Å². The second-order valence-electron chi connectivity index (χ2n) is 12.8. The minimum atomic E-state index is -2.97. The summed E-state index contributed by atoms with van der Waals surface area (Å²) in [6.45, 7) is 0. The van der Waals surface area contributed by atoms with Crippen LogP contribution in [0.15, 0.2) is 24.3 Å². The Balaban J connectivity index is 1.14. The number of carbonyl (C=O) groups is 2. The van der Waals surface area contributed by atoms with E-state index in [1.54, 1.807) is 0 Å². The third kappa shape index (κ3) is 3.74. The quantitative estimate of drug-likeness (QED) is 0.333. The average Bonchev–Trinajstić information content (AvgIpc) is 2.77. The Morgan fingerprint density at radius 2 is 0.971 bits per heavy atom. The Kier molecular flexibility index (Phi) is 5.33. The van der Waals surface area contributed by atoms with Crippen molar-refractivity contribution in [2.24, 2.45) is 46.3 Å². The summed E-state index contributed by atoms with van der Waals surface area (Å²) < 4.78 is 13.5. The van der Waals surface area contributed by atoms with Gasteiger partial charge in [0, 0.05) is 0 Å². The van der Waals surface area contributed by atoms with Crippen molar-refractivity contribution in [2.45, 2.75) is 77.0 Å². The van der Waals surface area contributed by atoms with E-state index in [-0.39, 0.29) is 22.8 Å². The van der Waals surface area contributed by atoms with Gasteiger partial charge in [-0.05, 0) is 0 Å².